The molecule has 0 spiro atoms. The molecule has 0 saturated carbocycles. The molecule has 2 rings (SSSR count). The predicted octanol–water partition coefficient (Wildman–Crippen LogP) is 1.35. The summed E-state index contributed by atoms with van der Waals surface area (Å²) in [4.78, 5) is 21.3. The summed E-state index contributed by atoms with van der Waals surface area (Å²) in [5.74, 6) is -0.168. The monoisotopic (exact) mass is 273 g/mol. The van der Waals surface area contributed by atoms with Crippen LogP contribution >= 0.6 is 0 Å². The summed E-state index contributed by atoms with van der Waals surface area (Å²) in [5.41, 5.74) is 12.0. The molecule has 0 aliphatic heterocycles. The summed E-state index contributed by atoms with van der Waals surface area (Å²) in [7, 11) is 0. The third-order valence-corrected chi connectivity index (χ3v) is 2.07. The van der Waals surface area contributed by atoms with Gasteiger partial charge in [-0.15, -0.1) is 0 Å². The van der Waals surface area contributed by atoms with Gasteiger partial charge in [0.15, 0.2) is 5.82 Å². The molecule has 1 aromatic carbocycles. The third kappa shape index (κ3) is 4.73. The quantitative estimate of drug-likeness (QED) is 0.704. The second kappa shape index (κ2) is 6.83. The lowest BCUT2D eigenvalue weighted by Gasteiger charge is -2.00. The lowest BCUT2D eigenvalue weighted by atomic mass is 10.2. The molecule has 7 nitrogen and oxygen atoms in total. The minimum Gasteiger partial charge on any atom is -0.478 e. The molecule has 0 amide bonds. The Bertz CT molecular complexity index is 581. The Morgan fingerprint density at radius 1 is 1.10 bits per heavy atom. The first-order valence-electron chi connectivity index (χ1n) is 5.61. The van der Waals surface area contributed by atoms with Gasteiger partial charge in [0, 0.05) is 11.1 Å². The zero-order valence-electron chi connectivity index (χ0n) is 10.9. The minimum absolute atomic E-state index is 0.136. The van der Waals surface area contributed by atoms with Crippen LogP contribution in [-0.4, -0.2) is 26.0 Å². The number of anilines is 2. The van der Waals surface area contributed by atoms with E-state index in [1.165, 1.54) is 6.92 Å². The standard InChI is InChI=1S/C9H9N5.C4H6O2/c10-8-12-7(13-9(11)14-8)6-4-2-1-3-5-6;1-3(2)4(5)6/h1-5H,(H4,10,11,12,13,14);1H2,2H3,(H,5,6). The number of carboxylic acids is 1. The van der Waals surface area contributed by atoms with E-state index in [9.17, 15) is 4.79 Å². The van der Waals surface area contributed by atoms with Crippen molar-refractivity contribution in [2.75, 3.05) is 11.5 Å². The van der Waals surface area contributed by atoms with Crippen LogP contribution in [0.15, 0.2) is 42.5 Å². The van der Waals surface area contributed by atoms with Crippen molar-refractivity contribution >= 4 is 17.9 Å². The number of hydrogen-bond acceptors (Lipinski definition) is 6. The highest BCUT2D eigenvalue weighted by Crippen LogP contribution is 2.14. The van der Waals surface area contributed by atoms with Gasteiger partial charge in [-0.3, -0.25) is 0 Å². The molecular formula is C13H15N5O2. The third-order valence-electron chi connectivity index (χ3n) is 2.07. The van der Waals surface area contributed by atoms with Gasteiger partial charge in [0.2, 0.25) is 11.9 Å². The molecule has 20 heavy (non-hydrogen) atoms. The van der Waals surface area contributed by atoms with Crippen LogP contribution in [0.1, 0.15) is 6.92 Å². The number of aliphatic carboxylic acids is 1. The summed E-state index contributed by atoms with van der Waals surface area (Å²) in [6, 6.07) is 9.47. The average Bonchev–Trinajstić information content (AvgIpc) is 2.39. The summed E-state index contributed by atoms with van der Waals surface area (Å²) < 4.78 is 0. The molecule has 2 aromatic rings. The first kappa shape index (κ1) is 15.1. The van der Waals surface area contributed by atoms with E-state index < -0.39 is 5.97 Å². The molecule has 104 valence electrons. The largest absolute Gasteiger partial charge is 0.478 e. The highest BCUT2D eigenvalue weighted by atomic mass is 16.4. The molecule has 0 aliphatic carbocycles. The summed E-state index contributed by atoms with van der Waals surface area (Å²) in [6.07, 6.45) is 0. The van der Waals surface area contributed by atoms with Crippen LogP contribution in [0, 0.1) is 0 Å². The number of nitrogen functional groups attached to an aromatic ring is 2. The first-order chi connectivity index (χ1) is 9.40. The van der Waals surface area contributed by atoms with Gasteiger partial charge < -0.3 is 16.6 Å². The normalized spacial score (nSPS) is 9.25. The number of benzene rings is 1. The Labute approximate surface area is 116 Å². The van der Waals surface area contributed by atoms with Crippen LogP contribution < -0.4 is 11.5 Å². The summed E-state index contributed by atoms with van der Waals surface area (Å²) in [5, 5.41) is 7.89. The van der Waals surface area contributed by atoms with E-state index in [0.29, 0.717) is 5.82 Å². The van der Waals surface area contributed by atoms with E-state index in [2.05, 4.69) is 21.5 Å². The molecule has 0 fully saturated rings. The molecule has 0 aliphatic rings. The van der Waals surface area contributed by atoms with E-state index in [0.717, 1.165) is 5.56 Å². The highest BCUT2D eigenvalue weighted by molar-refractivity contribution is 5.84. The lowest BCUT2D eigenvalue weighted by Crippen LogP contribution is -2.04. The number of carboxylic acid groups (broad SMARTS) is 1. The topological polar surface area (TPSA) is 128 Å². The number of rotatable bonds is 2. The van der Waals surface area contributed by atoms with E-state index >= 15 is 0 Å². The number of carbonyl (C=O) groups is 1. The lowest BCUT2D eigenvalue weighted by molar-refractivity contribution is -0.132. The maximum Gasteiger partial charge on any atom is 0.330 e. The van der Waals surface area contributed by atoms with Crippen LogP contribution in [0.4, 0.5) is 11.9 Å². The minimum atomic E-state index is -0.935. The Balaban J connectivity index is 0.000000286. The maximum absolute atomic E-state index is 9.60. The average molecular weight is 273 g/mol. The van der Waals surface area contributed by atoms with Crippen molar-refractivity contribution in [2.24, 2.45) is 0 Å². The predicted molar refractivity (Wildman–Crippen MR) is 76.5 cm³/mol. The SMILES string of the molecule is C=C(C)C(=O)O.Nc1nc(N)nc(-c2ccccc2)n1. The molecule has 0 saturated heterocycles. The Kier molecular flexibility index (Phi) is 5.16. The molecular weight excluding hydrogens is 258 g/mol. The van der Waals surface area contributed by atoms with Crippen LogP contribution in [-0.2, 0) is 4.79 Å². The van der Waals surface area contributed by atoms with Gasteiger partial charge in [0.05, 0.1) is 0 Å². The fourth-order valence-electron chi connectivity index (χ4n) is 1.13. The van der Waals surface area contributed by atoms with E-state index in [1.807, 2.05) is 30.3 Å². The van der Waals surface area contributed by atoms with Gasteiger partial charge in [0.25, 0.3) is 0 Å². The molecule has 7 heteroatoms. The van der Waals surface area contributed by atoms with Crippen LogP contribution in [0.5, 0.6) is 0 Å². The first-order valence-corrected chi connectivity index (χ1v) is 5.61. The zero-order valence-corrected chi connectivity index (χ0v) is 10.9. The van der Waals surface area contributed by atoms with Crippen LogP contribution in [0.2, 0.25) is 0 Å². The fourth-order valence-corrected chi connectivity index (χ4v) is 1.13. The van der Waals surface area contributed by atoms with E-state index in [4.69, 9.17) is 16.6 Å². The number of hydrogen-bond donors (Lipinski definition) is 3. The van der Waals surface area contributed by atoms with E-state index in [-0.39, 0.29) is 17.5 Å². The van der Waals surface area contributed by atoms with Crippen molar-refractivity contribution in [1.82, 2.24) is 15.0 Å². The number of nitrogens with two attached hydrogens (primary N) is 2. The van der Waals surface area contributed by atoms with E-state index in [1.54, 1.807) is 0 Å². The van der Waals surface area contributed by atoms with Crippen LogP contribution in [0.3, 0.4) is 0 Å². The summed E-state index contributed by atoms with van der Waals surface area (Å²) in [6.45, 7) is 4.60. The Morgan fingerprint density at radius 3 is 1.95 bits per heavy atom. The highest BCUT2D eigenvalue weighted by Gasteiger charge is 2.03. The fraction of sp³-hybridized carbons (Fsp3) is 0.0769. The second-order valence-corrected chi connectivity index (χ2v) is 3.83. The van der Waals surface area contributed by atoms with Crippen molar-refractivity contribution in [3.8, 4) is 11.4 Å². The summed E-state index contributed by atoms with van der Waals surface area (Å²) >= 11 is 0. The molecule has 0 bridgehead atoms. The van der Waals surface area contributed by atoms with Crippen molar-refractivity contribution < 1.29 is 9.90 Å². The van der Waals surface area contributed by atoms with Gasteiger partial charge in [-0.2, -0.15) is 15.0 Å². The van der Waals surface area contributed by atoms with Crippen molar-refractivity contribution in [2.45, 2.75) is 6.92 Å². The van der Waals surface area contributed by atoms with Crippen molar-refractivity contribution in [3.63, 3.8) is 0 Å². The molecule has 0 atom stereocenters. The van der Waals surface area contributed by atoms with Gasteiger partial charge in [-0.05, 0) is 6.92 Å². The second-order valence-electron chi connectivity index (χ2n) is 3.83. The van der Waals surface area contributed by atoms with Crippen molar-refractivity contribution in [3.05, 3.63) is 42.5 Å². The zero-order chi connectivity index (χ0) is 15.1. The number of aromatic nitrogens is 3. The number of nitrogens with zero attached hydrogens (tertiary/aromatic N) is 3. The van der Waals surface area contributed by atoms with Gasteiger partial charge in [0.1, 0.15) is 0 Å². The van der Waals surface area contributed by atoms with Gasteiger partial charge in [-0.1, -0.05) is 36.9 Å². The smallest absolute Gasteiger partial charge is 0.330 e. The Hall–Kier alpha value is -2.96. The van der Waals surface area contributed by atoms with Gasteiger partial charge >= 0.3 is 5.97 Å². The molecule has 1 heterocycles. The molecule has 0 unspecified atom stereocenters. The Morgan fingerprint density at radius 2 is 1.55 bits per heavy atom. The maximum atomic E-state index is 9.60. The molecule has 1 aromatic heterocycles. The molecule has 0 radical (unpaired) electrons. The van der Waals surface area contributed by atoms with Crippen LogP contribution in [0.25, 0.3) is 11.4 Å². The van der Waals surface area contributed by atoms with Gasteiger partial charge in [-0.25, -0.2) is 4.79 Å². The molecule has 5 N–H and O–H groups in total. The van der Waals surface area contributed by atoms with Crippen molar-refractivity contribution in [1.29, 1.82) is 0 Å².